The highest BCUT2D eigenvalue weighted by Crippen LogP contribution is 2.43. The molecule has 1 fully saturated rings. The predicted octanol–water partition coefficient (Wildman–Crippen LogP) is 4.04. The fourth-order valence-corrected chi connectivity index (χ4v) is 4.12. The lowest BCUT2D eigenvalue weighted by molar-refractivity contribution is -0.132. The van der Waals surface area contributed by atoms with Crippen LogP contribution in [0.5, 0.6) is 5.75 Å². The quantitative estimate of drug-likeness (QED) is 0.273. The Hall–Kier alpha value is -3.78. The van der Waals surface area contributed by atoms with Gasteiger partial charge < -0.3 is 9.84 Å². The van der Waals surface area contributed by atoms with E-state index in [1.807, 2.05) is 0 Å². The SMILES string of the molecule is C=CCOc1cccc(C2C(=C(O)c3ccccc3)C(=O)C(=O)N2c2nnc(C)s2)c1. The van der Waals surface area contributed by atoms with Crippen LogP contribution in [-0.2, 0) is 9.59 Å². The van der Waals surface area contributed by atoms with E-state index in [0.29, 0.717) is 28.5 Å². The first-order valence-corrected chi connectivity index (χ1v) is 10.3. The maximum atomic E-state index is 13.1. The Labute approximate surface area is 182 Å². The van der Waals surface area contributed by atoms with E-state index in [-0.39, 0.29) is 16.5 Å². The standard InChI is InChI=1S/C23H19N3O4S/c1-3-12-30-17-11-7-10-16(13-17)19-18(20(27)15-8-5-4-6-9-15)21(28)22(29)26(19)23-25-24-14(2)31-23/h3-11,13,19,27H,1,12H2,2H3. The molecule has 2 aromatic carbocycles. The van der Waals surface area contributed by atoms with Gasteiger partial charge in [-0.2, -0.15) is 0 Å². The first kappa shape index (κ1) is 20.5. The van der Waals surface area contributed by atoms with Gasteiger partial charge in [0.15, 0.2) is 0 Å². The second-order valence-electron chi connectivity index (χ2n) is 6.81. The number of aliphatic hydroxyl groups is 1. The third kappa shape index (κ3) is 3.85. The monoisotopic (exact) mass is 433 g/mol. The van der Waals surface area contributed by atoms with E-state index in [9.17, 15) is 14.7 Å². The van der Waals surface area contributed by atoms with Crippen LogP contribution in [-0.4, -0.2) is 33.6 Å². The van der Waals surface area contributed by atoms with E-state index in [1.54, 1.807) is 67.6 Å². The highest BCUT2D eigenvalue weighted by atomic mass is 32.1. The molecule has 4 rings (SSSR count). The summed E-state index contributed by atoms with van der Waals surface area (Å²) in [6, 6.07) is 14.8. The van der Waals surface area contributed by atoms with Crippen molar-refractivity contribution in [2.24, 2.45) is 0 Å². The van der Waals surface area contributed by atoms with Gasteiger partial charge in [-0.15, -0.1) is 10.2 Å². The summed E-state index contributed by atoms with van der Waals surface area (Å²) in [6.45, 7) is 5.71. The topological polar surface area (TPSA) is 92.6 Å². The van der Waals surface area contributed by atoms with Crippen LogP contribution in [0.2, 0.25) is 0 Å². The van der Waals surface area contributed by atoms with Crippen LogP contribution in [0.1, 0.15) is 22.2 Å². The molecule has 1 N–H and O–H groups in total. The largest absolute Gasteiger partial charge is 0.507 e. The summed E-state index contributed by atoms with van der Waals surface area (Å²) < 4.78 is 5.62. The first-order valence-electron chi connectivity index (χ1n) is 9.51. The summed E-state index contributed by atoms with van der Waals surface area (Å²) in [5.41, 5.74) is 1.04. The van der Waals surface area contributed by atoms with Crippen molar-refractivity contribution in [1.29, 1.82) is 0 Å². The zero-order valence-corrected chi connectivity index (χ0v) is 17.5. The molecule has 1 amide bonds. The molecule has 0 bridgehead atoms. The fourth-order valence-electron chi connectivity index (χ4n) is 3.41. The second kappa shape index (κ2) is 8.53. The third-order valence-corrected chi connectivity index (χ3v) is 5.59. The number of carbonyl (C=O) groups excluding carboxylic acids is 2. The molecule has 7 nitrogen and oxygen atoms in total. The van der Waals surface area contributed by atoms with Crippen LogP contribution in [0.4, 0.5) is 5.13 Å². The third-order valence-electron chi connectivity index (χ3n) is 4.75. The summed E-state index contributed by atoms with van der Waals surface area (Å²) >= 11 is 1.20. The molecule has 0 spiro atoms. The molecule has 1 aromatic heterocycles. The number of aryl methyl sites for hydroxylation is 1. The van der Waals surface area contributed by atoms with E-state index in [2.05, 4.69) is 16.8 Å². The number of hydrogen-bond donors (Lipinski definition) is 1. The van der Waals surface area contributed by atoms with Crippen LogP contribution >= 0.6 is 11.3 Å². The van der Waals surface area contributed by atoms with Crippen LogP contribution in [0, 0.1) is 6.92 Å². The molecule has 0 aliphatic carbocycles. The number of nitrogens with zero attached hydrogens (tertiary/aromatic N) is 3. The molecule has 1 aliphatic rings. The average Bonchev–Trinajstić information content (AvgIpc) is 3.33. The summed E-state index contributed by atoms with van der Waals surface area (Å²) in [4.78, 5) is 27.4. The normalized spacial score (nSPS) is 17.7. The molecule has 1 saturated heterocycles. The number of amides is 1. The Morgan fingerprint density at radius 1 is 1.19 bits per heavy atom. The lowest BCUT2D eigenvalue weighted by atomic mass is 9.95. The average molecular weight is 433 g/mol. The van der Waals surface area contributed by atoms with E-state index in [4.69, 9.17) is 4.74 Å². The molecule has 156 valence electrons. The number of aromatic nitrogens is 2. The molecule has 0 saturated carbocycles. The van der Waals surface area contributed by atoms with Crippen LogP contribution in [0.3, 0.4) is 0 Å². The van der Waals surface area contributed by atoms with E-state index in [0.717, 1.165) is 0 Å². The van der Waals surface area contributed by atoms with Gasteiger partial charge >= 0.3 is 5.91 Å². The fraction of sp³-hybridized carbons (Fsp3) is 0.130. The van der Waals surface area contributed by atoms with Gasteiger partial charge in [0.25, 0.3) is 5.78 Å². The maximum Gasteiger partial charge on any atom is 0.301 e. The molecule has 1 atom stereocenters. The van der Waals surface area contributed by atoms with E-state index < -0.39 is 17.7 Å². The minimum atomic E-state index is -0.875. The number of benzene rings is 2. The zero-order valence-electron chi connectivity index (χ0n) is 16.7. The molecular formula is C23H19N3O4S. The molecule has 0 radical (unpaired) electrons. The highest BCUT2D eigenvalue weighted by Gasteiger charge is 2.48. The van der Waals surface area contributed by atoms with Crippen LogP contribution in [0.25, 0.3) is 5.76 Å². The Morgan fingerprint density at radius 3 is 2.65 bits per heavy atom. The van der Waals surface area contributed by atoms with Crippen LogP contribution in [0.15, 0.2) is 72.8 Å². The number of aliphatic hydroxyl groups excluding tert-OH is 1. The van der Waals surface area contributed by atoms with Crippen molar-refractivity contribution in [2.75, 3.05) is 11.5 Å². The number of ether oxygens (including phenoxy) is 1. The summed E-state index contributed by atoms with van der Waals surface area (Å²) in [5, 5.41) is 20.0. The Morgan fingerprint density at radius 2 is 1.97 bits per heavy atom. The summed E-state index contributed by atoms with van der Waals surface area (Å²) in [6.07, 6.45) is 1.62. The van der Waals surface area contributed by atoms with Crippen molar-refractivity contribution in [1.82, 2.24) is 10.2 Å². The number of carbonyl (C=O) groups is 2. The highest BCUT2D eigenvalue weighted by molar-refractivity contribution is 7.15. The second-order valence-corrected chi connectivity index (χ2v) is 7.97. The maximum absolute atomic E-state index is 13.1. The Kier molecular flexibility index (Phi) is 5.64. The van der Waals surface area contributed by atoms with Crippen molar-refractivity contribution in [2.45, 2.75) is 13.0 Å². The van der Waals surface area contributed by atoms with Gasteiger partial charge in [0.2, 0.25) is 5.13 Å². The van der Waals surface area contributed by atoms with Gasteiger partial charge in [0, 0.05) is 5.56 Å². The first-order chi connectivity index (χ1) is 15.0. The van der Waals surface area contributed by atoms with Gasteiger partial charge in [-0.05, 0) is 24.6 Å². The van der Waals surface area contributed by atoms with Gasteiger partial charge in [0.1, 0.15) is 23.1 Å². The predicted molar refractivity (Wildman–Crippen MR) is 118 cm³/mol. The minimum Gasteiger partial charge on any atom is -0.507 e. The lowest BCUT2D eigenvalue weighted by Crippen LogP contribution is -2.29. The lowest BCUT2D eigenvalue weighted by Gasteiger charge is -2.23. The van der Waals surface area contributed by atoms with Gasteiger partial charge in [0.05, 0.1) is 11.6 Å². The van der Waals surface area contributed by atoms with Crippen molar-refractivity contribution in [3.05, 3.63) is 89.0 Å². The number of rotatable bonds is 6. The Bertz CT molecular complexity index is 1190. The summed E-state index contributed by atoms with van der Waals surface area (Å²) in [7, 11) is 0. The number of ketones is 1. The molecule has 1 unspecified atom stereocenters. The van der Waals surface area contributed by atoms with Crippen molar-refractivity contribution in [3.8, 4) is 5.75 Å². The van der Waals surface area contributed by atoms with E-state index in [1.165, 1.54) is 16.2 Å². The van der Waals surface area contributed by atoms with Gasteiger partial charge in [-0.3, -0.25) is 14.5 Å². The summed E-state index contributed by atoms with van der Waals surface area (Å²) in [5.74, 6) is -1.24. The van der Waals surface area contributed by atoms with Crippen molar-refractivity contribution < 1.29 is 19.4 Å². The molecule has 3 aromatic rings. The van der Waals surface area contributed by atoms with Crippen LogP contribution < -0.4 is 9.64 Å². The smallest absolute Gasteiger partial charge is 0.301 e. The van der Waals surface area contributed by atoms with E-state index >= 15 is 0 Å². The molecule has 8 heteroatoms. The minimum absolute atomic E-state index is 0.00933. The Balaban J connectivity index is 1.91. The molecule has 31 heavy (non-hydrogen) atoms. The number of Topliss-reactive ketones (excluding diaryl/α,β-unsaturated/α-hetero) is 1. The molecule has 1 aliphatic heterocycles. The van der Waals surface area contributed by atoms with Gasteiger partial charge in [-0.25, -0.2) is 0 Å². The number of hydrogen-bond acceptors (Lipinski definition) is 7. The van der Waals surface area contributed by atoms with Gasteiger partial charge in [-0.1, -0.05) is 66.5 Å². The molecular weight excluding hydrogens is 414 g/mol. The van der Waals surface area contributed by atoms with Crippen molar-refractivity contribution >= 4 is 33.9 Å². The number of anilines is 1. The zero-order chi connectivity index (χ0) is 22.0. The molecule has 2 heterocycles. The van der Waals surface area contributed by atoms with Crippen molar-refractivity contribution in [3.63, 3.8) is 0 Å².